The lowest BCUT2D eigenvalue weighted by Gasteiger charge is -2.43. The number of nitrogens with zero attached hydrogens (tertiary/aromatic N) is 6. The molecule has 0 unspecified atom stereocenters. The number of carbonyl (C=O) groups excluding carboxylic acids is 1. The van der Waals surface area contributed by atoms with Gasteiger partial charge in [0.15, 0.2) is 0 Å². The summed E-state index contributed by atoms with van der Waals surface area (Å²) in [4.78, 5) is 28.1. The predicted molar refractivity (Wildman–Crippen MR) is 156 cm³/mol. The van der Waals surface area contributed by atoms with Crippen LogP contribution >= 0.6 is 0 Å². The molecule has 3 heterocycles. The highest BCUT2D eigenvalue weighted by atomic mass is 16.2. The van der Waals surface area contributed by atoms with Crippen LogP contribution < -0.4 is 10.6 Å². The molecule has 1 saturated heterocycles. The summed E-state index contributed by atoms with van der Waals surface area (Å²) < 4.78 is 0. The van der Waals surface area contributed by atoms with E-state index in [9.17, 15) is 10.1 Å². The summed E-state index contributed by atoms with van der Waals surface area (Å²) in [6.07, 6.45) is 7.77. The Morgan fingerprint density at radius 2 is 2.00 bits per heavy atom. The molecule has 2 aliphatic rings. The number of amides is 1. The molecule has 2 aliphatic heterocycles. The number of hydrogen-bond acceptors (Lipinski definition) is 6. The molecule has 0 bridgehead atoms. The Bertz CT molecular complexity index is 1470. The minimum atomic E-state index is -0.232. The molecule has 1 atom stereocenters. The monoisotopic (exact) mass is 519 g/mol. The number of nitrogens with two attached hydrogens (primary N) is 1. The van der Waals surface area contributed by atoms with Crippen LogP contribution in [0.15, 0.2) is 89.3 Å². The molecular formula is C31H33N7O. The molecule has 3 aromatic rings. The minimum Gasteiger partial charge on any atom is -0.400 e. The van der Waals surface area contributed by atoms with Crippen molar-refractivity contribution in [3.8, 4) is 6.07 Å². The molecule has 1 aromatic heterocycles. The maximum atomic E-state index is 13.0. The van der Waals surface area contributed by atoms with Crippen LogP contribution in [0.1, 0.15) is 18.4 Å². The first-order valence-electron chi connectivity index (χ1n) is 13.3. The van der Waals surface area contributed by atoms with E-state index in [1.807, 2.05) is 12.1 Å². The van der Waals surface area contributed by atoms with Gasteiger partial charge in [-0.25, -0.2) is 0 Å². The molecule has 2 N–H and O–H groups in total. The maximum absolute atomic E-state index is 13.0. The smallest absolute Gasteiger partial charge is 0.246 e. The molecule has 8 nitrogen and oxygen atoms in total. The number of piperazine rings is 1. The largest absolute Gasteiger partial charge is 0.400 e. The van der Waals surface area contributed by atoms with Crippen molar-refractivity contribution in [2.45, 2.75) is 18.9 Å². The lowest BCUT2D eigenvalue weighted by atomic mass is 9.99. The van der Waals surface area contributed by atoms with E-state index in [-0.39, 0.29) is 18.4 Å². The average molecular weight is 520 g/mol. The van der Waals surface area contributed by atoms with Crippen LogP contribution in [0.25, 0.3) is 16.8 Å². The van der Waals surface area contributed by atoms with Crippen LogP contribution in [0.2, 0.25) is 0 Å². The fourth-order valence-electron chi connectivity index (χ4n) is 5.56. The van der Waals surface area contributed by atoms with Crippen molar-refractivity contribution in [2.24, 2.45) is 10.7 Å². The zero-order valence-corrected chi connectivity index (χ0v) is 22.2. The second-order valence-electron chi connectivity index (χ2n) is 9.83. The van der Waals surface area contributed by atoms with Crippen molar-refractivity contribution in [3.63, 3.8) is 0 Å². The van der Waals surface area contributed by atoms with Crippen LogP contribution in [-0.4, -0.2) is 72.3 Å². The van der Waals surface area contributed by atoms with E-state index in [1.54, 1.807) is 36.5 Å². The first-order valence-corrected chi connectivity index (χ1v) is 13.3. The number of hydrogen-bond donors (Lipinski definition) is 1. The number of benzene rings is 2. The highest BCUT2D eigenvalue weighted by Crippen LogP contribution is 2.30. The van der Waals surface area contributed by atoms with E-state index in [0.29, 0.717) is 26.2 Å². The highest BCUT2D eigenvalue weighted by molar-refractivity contribution is 6.00. The summed E-state index contributed by atoms with van der Waals surface area (Å²) in [5.74, 6) is 0.766. The Kier molecular flexibility index (Phi) is 7.88. The first kappa shape index (κ1) is 26.0. The van der Waals surface area contributed by atoms with Gasteiger partial charge in [-0.15, -0.1) is 0 Å². The maximum Gasteiger partial charge on any atom is 0.246 e. The van der Waals surface area contributed by atoms with Crippen molar-refractivity contribution in [1.29, 1.82) is 5.26 Å². The van der Waals surface area contributed by atoms with Gasteiger partial charge in [-0.2, -0.15) is 5.26 Å². The van der Waals surface area contributed by atoms with Gasteiger partial charge >= 0.3 is 0 Å². The average Bonchev–Trinajstić information content (AvgIpc) is 2.97. The molecule has 0 saturated carbocycles. The standard InChI is InChI=1S/C31H33N7O/c1-34-31(27-14-17-36(22-28(27)33)29-10-4-8-24-7-2-3-9-26(24)29)37-18-19-38(25(21-37)13-15-32)30(39)12-11-23-6-5-16-35-20-23/h2-12,16,20,25H,13-14,17-19,21-22,33H2,1H3/b12-11+,34-31+/t25-/m0/s1. The van der Waals surface area contributed by atoms with E-state index >= 15 is 0 Å². The van der Waals surface area contributed by atoms with Gasteiger partial charge in [-0.05, 0) is 35.6 Å². The summed E-state index contributed by atoms with van der Waals surface area (Å²) >= 11 is 0. The van der Waals surface area contributed by atoms with Crippen LogP contribution in [0.3, 0.4) is 0 Å². The number of aliphatic imine (C=N–C) groups is 1. The Balaban J connectivity index is 1.31. The lowest BCUT2D eigenvalue weighted by molar-refractivity contribution is -0.129. The third-order valence-corrected chi connectivity index (χ3v) is 7.46. The van der Waals surface area contributed by atoms with Crippen molar-refractivity contribution in [1.82, 2.24) is 14.8 Å². The molecule has 198 valence electrons. The van der Waals surface area contributed by atoms with Crippen LogP contribution in [0.4, 0.5) is 5.69 Å². The summed E-state index contributed by atoms with van der Waals surface area (Å²) in [5, 5.41) is 11.9. The molecule has 1 fully saturated rings. The van der Waals surface area contributed by atoms with Crippen molar-refractivity contribution in [2.75, 3.05) is 44.7 Å². The number of rotatable bonds is 5. The number of aromatic nitrogens is 1. The lowest BCUT2D eigenvalue weighted by Crippen LogP contribution is -2.56. The van der Waals surface area contributed by atoms with Crippen molar-refractivity contribution >= 4 is 34.3 Å². The topological polar surface area (TPSA) is 102 Å². The van der Waals surface area contributed by atoms with Gasteiger partial charge < -0.3 is 20.4 Å². The van der Waals surface area contributed by atoms with Gasteiger partial charge in [0.25, 0.3) is 0 Å². The van der Waals surface area contributed by atoms with E-state index in [0.717, 1.165) is 35.6 Å². The van der Waals surface area contributed by atoms with E-state index in [2.05, 4.69) is 68.3 Å². The third-order valence-electron chi connectivity index (χ3n) is 7.46. The fraction of sp³-hybridized carbons (Fsp3) is 0.290. The zero-order valence-electron chi connectivity index (χ0n) is 22.2. The van der Waals surface area contributed by atoms with E-state index in [4.69, 9.17) is 5.73 Å². The van der Waals surface area contributed by atoms with Crippen LogP contribution in [0, 0.1) is 11.3 Å². The fourth-order valence-corrected chi connectivity index (χ4v) is 5.56. The highest BCUT2D eigenvalue weighted by Gasteiger charge is 2.33. The summed E-state index contributed by atoms with van der Waals surface area (Å²) in [6, 6.07) is 20.5. The number of fused-ring (bicyclic) bond motifs is 1. The molecule has 0 radical (unpaired) electrons. The number of nitriles is 1. The van der Waals surface area contributed by atoms with Gasteiger partial charge in [0.1, 0.15) is 5.84 Å². The molecule has 8 heteroatoms. The first-order chi connectivity index (χ1) is 19.1. The number of anilines is 1. The SMILES string of the molecule is C/N=C(\C1=C(N)CN(c2cccc3ccccc23)CC1)N1CCN(C(=O)/C=C/c2cccnc2)[C@@H](CC#N)C1. The Labute approximate surface area is 229 Å². The van der Waals surface area contributed by atoms with Crippen molar-refractivity contribution in [3.05, 3.63) is 89.9 Å². The second-order valence-corrected chi connectivity index (χ2v) is 9.83. The number of carbonyl (C=O) groups is 1. The van der Waals surface area contributed by atoms with E-state index in [1.165, 1.54) is 16.5 Å². The van der Waals surface area contributed by atoms with Gasteiger partial charge in [-0.3, -0.25) is 14.8 Å². The Morgan fingerprint density at radius 1 is 1.15 bits per heavy atom. The van der Waals surface area contributed by atoms with Crippen LogP contribution in [0.5, 0.6) is 0 Å². The number of amidine groups is 1. The normalized spacial score (nSPS) is 18.6. The predicted octanol–water partition coefficient (Wildman–Crippen LogP) is 3.83. The molecule has 0 spiro atoms. The van der Waals surface area contributed by atoms with Crippen LogP contribution in [-0.2, 0) is 4.79 Å². The van der Waals surface area contributed by atoms with E-state index < -0.39 is 0 Å². The summed E-state index contributed by atoms with van der Waals surface area (Å²) in [6.45, 7) is 3.14. The molecular weight excluding hydrogens is 486 g/mol. The minimum absolute atomic E-state index is 0.101. The van der Waals surface area contributed by atoms with Gasteiger partial charge in [-0.1, -0.05) is 42.5 Å². The molecule has 0 aliphatic carbocycles. The molecule has 2 aromatic carbocycles. The quantitative estimate of drug-likeness (QED) is 0.312. The Hall–Kier alpha value is -4.64. The summed E-state index contributed by atoms with van der Waals surface area (Å²) in [7, 11) is 1.79. The molecule has 5 rings (SSSR count). The Morgan fingerprint density at radius 3 is 2.77 bits per heavy atom. The zero-order chi connectivity index (χ0) is 27.2. The van der Waals surface area contributed by atoms with Crippen molar-refractivity contribution < 1.29 is 4.79 Å². The van der Waals surface area contributed by atoms with Gasteiger partial charge in [0, 0.05) is 74.0 Å². The van der Waals surface area contributed by atoms with Gasteiger partial charge in [0.2, 0.25) is 5.91 Å². The summed E-state index contributed by atoms with van der Waals surface area (Å²) in [5.41, 5.74) is 10.6. The second kappa shape index (κ2) is 11.8. The third kappa shape index (κ3) is 5.63. The van der Waals surface area contributed by atoms with Gasteiger partial charge in [0.05, 0.1) is 25.1 Å². The molecule has 1 amide bonds. The number of pyridine rings is 1. The molecule has 39 heavy (non-hydrogen) atoms.